The van der Waals surface area contributed by atoms with Crippen LogP contribution in [-0.2, 0) is 19.2 Å². The van der Waals surface area contributed by atoms with E-state index < -0.39 is 47.9 Å². The lowest BCUT2D eigenvalue weighted by atomic mass is 10.1. The average Bonchev–Trinajstić information content (AvgIpc) is 2.72. The molecule has 10 nitrogen and oxygen atoms in total. The summed E-state index contributed by atoms with van der Waals surface area (Å²) in [6.45, 7) is 0.426. The molecule has 174 valence electrons. The largest absolute Gasteiger partial charge is 0.480 e. The molecule has 4 unspecified atom stereocenters. The monoisotopic (exact) mass is 483 g/mol. The molecular weight excluding hydrogens is 450 g/mol. The van der Waals surface area contributed by atoms with Crippen molar-refractivity contribution in [3.05, 3.63) is 0 Å². The summed E-state index contributed by atoms with van der Waals surface area (Å²) in [6.07, 6.45) is 3.59. The summed E-state index contributed by atoms with van der Waals surface area (Å²) in [5.41, 5.74) is 11.0. The SMILES string of the molecule is CSCCC(NC(=O)C(N)CS)C(=O)NC(CS)C(=O)NC(CCCCN)C(=O)O. The quantitative estimate of drug-likeness (QED) is 0.0975. The number of aliphatic carboxylic acids is 1. The maximum Gasteiger partial charge on any atom is 0.326 e. The highest BCUT2D eigenvalue weighted by Gasteiger charge is 2.29. The number of carboxylic acids is 1. The van der Waals surface area contributed by atoms with Crippen molar-refractivity contribution in [1.82, 2.24) is 16.0 Å². The number of carboxylic acid groups (broad SMARTS) is 1. The van der Waals surface area contributed by atoms with Crippen molar-refractivity contribution < 1.29 is 24.3 Å². The van der Waals surface area contributed by atoms with Crippen LogP contribution in [0.3, 0.4) is 0 Å². The molecule has 0 saturated carbocycles. The molecule has 0 aromatic carbocycles. The van der Waals surface area contributed by atoms with Gasteiger partial charge in [-0.15, -0.1) is 0 Å². The zero-order valence-electron chi connectivity index (χ0n) is 17.0. The summed E-state index contributed by atoms with van der Waals surface area (Å²) >= 11 is 9.55. The van der Waals surface area contributed by atoms with Gasteiger partial charge in [-0.2, -0.15) is 37.0 Å². The lowest BCUT2D eigenvalue weighted by Crippen LogP contribution is -2.57. The lowest BCUT2D eigenvalue weighted by Gasteiger charge is -2.24. The molecule has 30 heavy (non-hydrogen) atoms. The Kier molecular flexibility index (Phi) is 15.9. The number of nitrogens with two attached hydrogens (primary N) is 2. The molecule has 0 bridgehead atoms. The number of amides is 3. The summed E-state index contributed by atoms with van der Waals surface area (Å²) in [7, 11) is 0. The van der Waals surface area contributed by atoms with E-state index in [0.717, 1.165) is 0 Å². The summed E-state index contributed by atoms with van der Waals surface area (Å²) < 4.78 is 0. The van der Waals surface area contributed by atoms with E-state index in [1.807, 2.05) is 6.26 Å². The highest BCUT2D eigenvalue weighted by molar-refractivity contribution is 7.98. The zero-order valence-corrected chi connectivity index (χ0v) is 19.6. The van der Waals surface area contributed by atoms with E-state index in [2.05, 4.69) is 41.2 Å². The molecule has 4 atom stereocenters. The molecule has 0 rings (SSSR count). The number of unbranched alkanes of at least 4 members (excludes halogenated alkanes) is 1. The molecule has 0 radical (unpaired) electrons. The Labute approximate surface area is 192 Å². The zero-order chi connectivity index (χ0) is 23.1. The molecule has 0 spiro atoms. The minimum atomic E-state index is -1.17. The fourth-order valence-corrected chi connectivity index (χ4v) is 3.25. The van der Waals surface area contributed by atoms with Gasteiger partial charge in [0.05, 0.1) is 6.04 Å². The van der Waals surface area contributed by atoms with Gasteiger partial charge in [-0.05, 0) is 44.2 Å². The van der Waals surface area contributed by atoms with Crippen LogP contribution in [0.25, 0.3) is 0 Å². The second-order valence-electron chi connectivity index (χ2n) is 6.56. The number of hydrogen-bond donors (Lipinski definition) is 8. The highest BCUT2D eigenvalue weighted by Crippen LogP contribution is 2.05. The number of carbonyl (C=O) groups is 4. The van der Waals surface area contributed by atoms with E-state index in [-0.39, 0.29) is 17.9 Å². The van der Waals surface area contributed by atoms with Gasteiger partial charge in [0.15, 0.2) is 0 Å². The van der Waals surface area contributed by atoms with Crippen LogP contribution < -0.4 is 27.4 Å². The summed E-state index contributed by atoms with van der Waals surface area (Å²) in [4.78, 5) is 48.6. The molecular formula is C17H33N5O5S3. The number of nitrogens with one attached hydrogen (secondary N) is 3. The summed E-state index contributed by atoms with van der Waals surface area (Å²) in [6, 6.07) is -3.93. The third-order valence-electron chi connectivity index (χ3n) is 4.15. The van der Waals surface area contributed by atoms with E-state index in [1.54, 1.807) is 0 Å². The molecule has 3 amide bonds. The number of carbonyl (C=O) groups excluding carboxylic acids is 3. The molecule has 0 aliphatic heterocycles. The average molecular weight is 484 g/mol. The molecule has 0 aliphatic carbocycles. The molecule has 0 heterocycles. The Hall–Kier alpha value is -1.15. The van der Waals surface area contributed by atoms with Crippen molar-refractivity contribution in [2.45, 2.75) is 49.9 Å². The number of thioether (sulfide) groups is 1. The first kappa shape index (κ1) is 28.9. The van der Waals surface area contributed by atoms with Crippen molar-refractivity contribution in [1.29, 1.82) is 0 Å². The van der Waals surface area contributed by atoms with E-state index >= 15 is 0 Å². The van der Waals surface area contributed by atoms with Crippen LogP contribution in [0.4, 0.5) is 0 Å². The van der Waals surface area contributed by atoms with Crippen molar-refractivity contribution in [2.24, 2.45) is 11.5 Å². The lowest BCUT2D eigenvalue weighted by molar-refractivity contribution is -0.142. The fourth-order valence-electron chi connectivity index (χ4n) is 2.36. The van der Waals surface area contributed by atoms with Gasteiger partial charge in [0, 0.05) is 11.5 Å². The summed E-state index contributed by atoms with van der Waals surface area (Å²) in [5, 5.41) is 16.8. The van der Waals surface area contributed by atoms with Gasteiger partial charge < -0.3 is 32.5 Å². The Morgan fingerprint density at radius 2 is 1.47 bits per heavy atom. The van der Waals surface area contributed by atoms with Crippen molar-refractivity contribution >= 4 is 60.7 Å². The highest BCUT2D eigenvalue weighted by atomic mass is 32.2. The van der Waals surface area contributed by atoms with Gasteiger partial charge in [-0.25, -0.2) is 4.79 Å². The maximum absolute atomic E-state index is 12.7. The van der Waals surface area contributed by atoms with E-state index in [1.165, 1.54) is 11.8 Å². The first-order valence-corrected chi connectivity index (χ1v) is 12.2. The van der Waals surface area contributed by atoms with E-state index in [0.29, 0.717) is 31.6 Å². The van der Waals surface area contributed by atoms with Gasteiger partial charge in [0.25, 0.3) is 0 Å². The predicted molar refractivity (Wildman–Crippen MR) is 125 cm³/mol. The van der Waals surface area contributed by atoms with Crippen LogP contribution in [-0.4, -0.2) is 83.0 Å². The van der Waals surface area contributed by atoms with Gasteiger partial charge in [0.1, 0.15) is 18.1 Å². The minimum absolute atomic E-state index is 0.0495. The second-order valence-corrected chi connectivity index (χ2v) is 8.28. The van der Waals surface area contributed by atoms with Crippen LogP contribution in [0.15, 0.2) is 0 Å². The van der Waals surface area contributed by atoms with Crippen LogP contribution in [0, 0.1) is 0 Å². The van der Waals surface area contributed by atoms with Crippen molar-refractivity contribution in [3.63, 3.8) is 0 Å². The first-order chi connectivity index (χ1) is 14.2. The Bertz CT molecular complexity index is 570. The number of hydrogen-bond acceptors (Lipinski definition) is 9. The van der Waals surface area contributed by atoms with Crippen molar-refractivity contribution in [3.8, 4) is 0 Å². The molecule has 8 N–H and O–H groups in total. The molecule has 0 aromatic rings. The number of thiol groups is 2. The molecule has 0 aliphatic rings. The van der Waals surface area contributed by atoms with Crippen LogP contribution in [0.2, 0.25) is 0 Å². The van der Waals surface area contributed by atoms with Crippen LogP contribution in [0.5, 0.6) is 0 Å². The third-order valence-corrected chi connectivity index (χ3v) is 5.56. The van der Waals surface area contributed by atoms with E-state index in [9.17, 15) is 24.3 Å². The normalized spacial score (nSPS) is 14.8. The standard InChI is InChI=1S/C17H33N5O5S3/c1-30-7-5-11(20-14(23)10(19)8-28)15(24)22-13(9-29)16(25)21-12(17(26)27)4-2-3-6-18/h10-13,28-29H,2-9,18-19H2,1H3,(H,20,23)(H,21,25)(H,22,24)(H,26,27). The first-order valence-electron chi connectivity index (χ1n) is 9.51. The predicted octanol–water partition coefficient (Wildman–Crippen LogP) is -1.41. The Balaban J connectivity index is 5.07. The minimum Gasteiger partial charge on any atom is -0.480 e. The molecule has 0 aromatic heterocycles. The maximum atomic E-state index is 12.7. The van der Waals surface area contributed by atoms with Gasteiger partial charge in [0.2, 0.25) is 17.7 Å². The second kappa shape index (κ2) is 16.5. The molecule has 13 heteroatoms. The van der Waals surface area contributed by atoms with E-state index in [4.69, 9.17) is 11.5 Å². The number of rotatable bonds is 16. The Morgan fingerprint density at radius 1 is 0.900 bits per heavy atom. The molecule has 0 saturated heterocycles. The van der Waals surface area contributed by atoms with Crippen molar-refractivity contribution in [2.75, 3.05) is 30.1 Å². The molecule has 0 fully saturated rings. The smallest absolute Gasteiger partial charge is 0.326 e. The van der Waals surface area contributed by atoms with Gasteiger partial charge in [-0.3, -0.25) is 14.4 Å². The fraction of sp³-hybridized carbons (Fsp3) is 0.765. The van der Waals surface area contributed by atoms with Crippen LogP contribution in [0.1, 0.15) is 25.7 Å². The van der Waals surface area contributed by atoms with Crippen LogP contribution >= 0.6 is 37.0 Å². The summed E-state index contributed by atoms with van der Waals surface area (Å²) in [5.74, 6) is -2.28. The van der Waals surface area contributed by atoms with Gasteiger partial charge in [-0.1, -0.05) is 0 Å². The Morgan fingerprint density at radius 3 is 1.97 bits per heavy atom. The third kappa shape index (κ3) is 11.3. The topological polar surface area (TPSA) is 177 Å². The van der Waals surface area contributed by atoms with Gasteiger partial charge >= 0.3 is 5.97 Å².